The molecule has 1 aromatic heterocycles. The highest BCUT2D eigenvalue weighted by Gasteiger charge is 2.42. The summed E-state index contributed by atoms with van der Waals surface area (Å²) < 4.78 is 5.85. The molecular weight excluding hydrogens is 244 g/mol. The Morgan fingerprint density at radius 3 is 2.95 bits per heavy atom. The molecule has 0 bridgehead atoms. The van der Waals surface area contributed by atoms with Gasteiger partial charge in [-0.3, -0.25) is 4.79 Å². The van der Waals surface area contributed by atoms with Gasteiger partial charge in [-0.1, -0.05) is 13.3 Å². The summed E-state index contributed by atoms with van der Waals surface area (Å²) in [5.41, 5.74) is -0.633. The molecule has 2 unspecified atom stereocenters. The van der Waals surface area contributed by atoms with E-state index in [9.17, 15) is 4.79 Å². The molecule has 1 aliphatic carbocycles. The molecule has 2 rings (SSSR count). The molecule has 1 aliphatic rings. The van der Waals surface area contributed by atoms with E-state index < -0.39 is 5.60 Å². The van der Waals surface area contributed by atoms with Crippen molar-refractivity contribution in [2.75, 3.05) is 6.61 Å². The highest BCUT2D eigenvalue weighted by atomic mass is 16.5. The van der Waals surface area contributed by atoms with Crippen LogP contribution in [0.4, 0.5) is 0 Å². The fourth-order valence-electron chi connectivity index (χ4n) is 2.94. The Morgan fingerprint density at radius 1 is 1.58 bits per heavy atom. The molecule has 1 saturated carbocycles. The second-order valence-corrected chi connectivity index (χ2v) is 5.42. The third kappa shape index (κ3) is 3.18. The minimum absolute atomic E-state index is 0.0916. The standard InChI is InChI=1S/C13H22N4O2/c1-4-19-13(7-5-6-10(2)9-13)11(18)8-12-14-16-17(3)15-12/h10H,4-9H2,1-3H3. The molecule has 0 aromatic carbocycles. The van der Waals surface area contributed by atoms with Gasteiger partial charge in [0.05, 0.1) is 13.5 Å². The zero-order valence-electron chi connectivity index (χ0n) is 11.9. The third-order valence-electron chi connectivity index (χ3n) is 3.75. The van der Waals surface area contributed by atoms with Crippen LogP contribution >= 0.6 is 0 Å². The number of ketones is 1. The number of carbonyl (C=O) groups is 1. The van der Waals surface area contributed by atoms with Crippen LogP contribution in [-0.2, 0) is 23.0 Å². The van der Waals surface area contributed by atoms with Gasteiger partial charge in [-0.05, 0) is 37.3 Å². The summed E-state index contributed by atoms with van der Waals surface area (Å²) >= 11 is 0. The first kappa shape index (κ1) is 14.1. The number of tetrazole rings is 1. The maximum atomic E-state index is 12.6. The van der Waals surface area contributed by atoms with Crippen molar-refractivity contribution in [1.82, 2.24) is 20.2 Å². The number of aromatic nitrogens is 4. The largest absolute Gasteiger partial charge is 0.367 e. The molecular formula is C13H22N4O2. The number of hydrogen-bond acceptors (Lipinski definition) is 5. The quantitative estimate of drug-likeness (QED) is 0.803. The van der Waals surface area contributed by atoms with E-state index >= 15 is 0 Å². The van der Waals surface area contributed by atoms with Crippen molar-refractivity contribution < 1.29 is 9.53 Å². The molecule has 19 heavy (non-hydrogen) atoms. The zero-order chi connectivity index (χ0) is 13.9. The van der Waals surface area contributed by atoms with Crippen LogP contribution in [0.15, 0.2) is 0 Å². The molecule has 6 heteroatoms. The first-order chi connectivity index (χ1) is 9.05. The van der Waals surface area contributed by atoms with Crippen molar-refractivity contribution >= 4 is 5.78 Å². The monoisotopic (exact) mass is 266 g/mol. The van der Waals surface area contributed by atoms with Gasteiger partial charge in [-0.15, -0.1) is 10.2 Å². The van der Waals surface area contributed by atoms with E-state index in [1.807, 2.05) is 6.92 Å². The fourth-order valence-corrected chi connectivity index (χ4v) is 2.94. The highest BCUT2D eigenvalue weighted by molar-refractivity contribution is 5.88. The summed E-state index contributed by atoms with van der Waals surface area (Å²) in [7, 11) is 1.70. The summed E-state index contributed by atoms with van der Waals surface area (Å²) in [5.74, 6) is 1.10. The highest BCUT2D eigenvalue weighted by Crippen LogP contribution is 2.36. The second-order valence-electron chi connectivity index (χ2n) is 5.42. The van der Waals surface area contributed by atoms with Crippen molar-refractivity contribution in [3.05, 3.63) is 5.82 Å². The molecule has 1 heterocycles. The number of hydrogen-bond donors (Lipinski definition) is 0. The number of rotatable bonds is 5. The molecule has 1 fully saturated rings. The molecule has 0 N–H and O–H groups in total. The summed E-state index contributed by atoms with van der Waals surface area (Å²) in [6.07, 6.45) is 4.04. The lowest BCUT2D eigenvalue weighted by Gasteiger charge is -2.38. The Kier molecular flexibility index (Phi) is 4.29. The summed E-state index contributed by atoms with van der Waals surface area (Å²) in [6, 6.07) is 0. The number of ether oxygens (including phenoxy) is 1. The van der Waals surface area contributed by atoms with E-state index in [0.717, 1.165) is 19.3 Å². The Bertz CT molecular complexity index is 442. The van der Waals surface area contributed by atoms with E-state index in [-0.39, 0.29) is 12.2 Å². The predicted octanol–water partition coefficient (Wildman–Crippen LogP) is 1.31. The van der Waals surface area contributed by atoms with Crippen LogP contribution in [0.2, 0.25) is 0 Å². The van der Waals surface area contributed by atoms with Crippen LogP contribution in [0.25, 0.3) is 0 Å². The molecule has 6 nitrogen and oxygen atoms in total. The van der Waals surface area contributed by atoms with Gasteiger partial charge in [0, 0.05) is 6.61 Å². The van der Waals surface area contributed by atoms with Crippen molar-refractivity contribution in [2.45, 2.75) is 51.6 Å². The van der Waals surface area contributed by atoms with Crippen LogP contribution in [-0.4, -0.2) is 38.2 Å². The number of nitrogens with zero attached hydrogens (tertiary/aromatic N) is 4. The smallest absolute Gasteiger partial charge is 0.182 e. The van der Waals surface area contributed by atoms with E-state index in [1.54, 1.807) is 7.05 Å². The zero-order valence-corrected chi connectivity index (χ0v) is 11.9. The maximum Gasteiger partial charge on any atom is 0.182 e. The van der Waals surface area contributed by atoms with Crippen LogP contribution in [0.5, 0.6) is 0 Å². The Morgan fingerprint density at radius 2 is 2.37 bits per heavy atom. The minimum atomic E-state index is -0.633. The van der Waals surface area contributed by atoms with Gasteiger partial charge in [0.25, 0.3) is 0 Å². The predicted molar refractivity (Wildman–Crippen MR) is 69.5 cm³/mol. The normalized spacial score (nSPS) is 27.4. The van der Waals surface area contributed by atoms with E-state index in [1.165, 1.54) is 11.2 Å². The van der Waals surface area contributed by atoms with Crippen LogP contribution < -0.4 is 0 Å². The SMILES string of the molecule is CCOC1(C(=O)Cc2nnn(C)n2)CCCC(C)C1. The van der Waals surface area contributed by atoms with Gasteiger partial charge in [0.2, 0.25) is 0 Å². The number of carbonyl (C=O) groups excluding carboxylic acids is 1. The van der Waals surface area contributed by atoms with Gasteiger partial charge in [0.15, 0.2) is 11.6 Å². The Balaban J connectivity index is 2.11. The third-order valence-corrected chi connectivity index (χ3v) is 3.75. The molecule has 0 aliphatic heterocycles. The van der Waals surface area contributed by atoms with Crippen molar-refractivity contribution in [1.29, 1.82) is 0 Å². The molecule has 0 spiro atoms. The van der Waals surface area contributed by atoms with Gasteiger partial charge < -0.3 is 4.74 Å². The average molecular weight is 266 g/mol. The molecule has 1 aromatic rings. The van der Waals surface area contributed by atoms with Crippen LogP contribution in [0.3, 0.4) is 0 Å². The lowest BCUT2D eigenvalue weighted by Crippen LogP contribution is -2.46. The Hall–Kier alpha value is -1.30. The van der Waals surface area contributed by atoms with Crippen LogP contribution in [0, 0.1) is 5.92 Å². The fraction of sp³-hybridized carbons (Fsp3) is 0.846. The number of Topliss-reactive ketones (excluding diaryl/α,β-unsaturated/α-hetero) is 1. The van der Waals surface area contributed by atoms with Gasteiger partial charge in [-0.2, -0.15) is 4.80 Å². The topological polar surface area (TPSA) is 69.9 Å². The van der Waals surface area contributed by atoms with Crippen molar-refractivity contribution in [3.8, 4) is 0 Å². The first-order valence-corrected chi connectivity index (χ1v) is 6.96. The summed E-state index contributed by atoms with van der Waals surface area (Å²) in [4.78, 5) is 14.0. The van der Waals surface area contributed by atoms with Gasteiger partial charge in [-0.25, -0.2) is 0 Å². The molecule has 0 saturated heterocycles. The van der Waals surface area contributed by atoms with E-state index in [2.05, 4.69) is 22.3 Å². The molecule has 106 valence electrons. The minimum Gasteiger partial charge on any atom is -0.367 e. The number of aryl methyl sites for hydroxylation is 1. The van der Waals surface area contributed by atoms with Gasteiger partial charge in [0.1, 0.15) is 5.60 Å². The second kappa shape index (κ2) is 5.77. The summed E-state index contributed by atoms with van der Waals surface area (Å²) in [6.45, 7) is 4.68. The lowest BCUT2D eigenvalue weighted by atomic mass is 9.75. The lowest BCUT2D eigenvalue weighted by molar-refractivity contribution is -0.150. The summed E-state index contributed by atoms with van der Waals surface area (Å²) in [5, 5.41) is 11.7. The molecule has 0 radical (unpaired) electrons. The van der Waals surface area contributed by atoms with Crippen molar-refractivity contribution in [3.63, 3.8) is 0 Å². The van der Waals surface area contributed by atoms with Crippen molar-refractivity contribution in [2.24, 2.45) is 13.0 Å². The average Bonchev–Trinajstić information content (AvgIpc) is 2.75. The molecule has 0 amide bonds. The first-order valence-electron chi connectivity index (χ1n) is 6.96. The van der Waals surface area contributed by atoms with Gasteiger partial charge >= 0.3 is 0 Å². The maximum absolute atomic E-state index is 12.6. The molecule has 2 atom stereocenters. The van der Waals surface area contributed by atoms with E-state index in [0.29, 0.717) is 18.3 Å². The van der Waals surface area contributed by atoms with E-state index in [4.69, 9.17) is 4.74 Å². The Labute approximate surface area is 113 Å². The van der Waals surface area contributed by atoms with Crippen LogP contribution in [0.1, 0.15) is 45.4 Å².